The molecule has 4 atom stereocenters. The van der Waals surface area contributed by atoms with Crippen LogP contribution in [-0.2, 0) is 27.4 Å². The molecule has 0 saturated carbocycles. The molecule has 0 radical (unpaired) electrons. The number of hydrogen-bond donors (Lipinski definition) is 3. The minimum Gasteiger partial charge on any atom is -0.392 e. The summed E-state index contributed by atoms with van der Waals surface area (Å²) in [6.07, 6.45) is -0.692. The first-order chi connectivity index (χ1) is 17.0. The number of rotatable bonds is 8. The van der Waals surface area contributed by atoms with Crippen molar-refractivity contribution in [3.05, 3.63) is 95.1 Å². The first-order valence-electron chi connectivity index (χ1n) is 11.8. The maximum Gasteiger partial charge on any atom is 0.221 e. The number of benzene rings is 3. The fourth-order valence-corrected chi connectivity index (χ4v) is 5.20. The molecular formula is C28H32N2O4S. The molecule has 0 aliphatic carbocycles. The van der Waals surface area contributed by atoms with E-state index >= 15 is 0 Å². The number of anilines is 1. The highest BCUT2D eigenvalue weighted by Crippen LogP contribution is 2.43. The number of ether oxygens (including phenoxy) is 2. The molecule has 6 nitrogen and oxygen atoms in total. The third kappa shape index (κ3) is 6.51. The predicted molar refractivity (Wildman–Crippen MR) is 139 cm³/mol. The Morgan fingerprint density at radius 3 is 2.17 bits per heavy atom. The maximum atomic E-state index is 11.3. The van der Waals surface area contributed by atoms with Crippen LogP contribution in [0.25, 0.3) is 0 Å². The molecule has 1 saturated heterocycles. The van der Waals surface area contributed by atoms with Crippen LogP contribution in [0.1, 0.15) is 48.5 Å². The van der Waals surface area contributed by atoms with Gasteiger partial charge in [0.15, 0.2) is 6.29 Å². The maximum absolute atomic E-state index is 11.3. The van der Waals surface area contributed by atoms with E-state index in [1.807, 2.05) is 72.8 Å². The zero-order chi connectivity index (χ0) is 24.8. The summed E-state index contributed by atoms with van der Waals surface area (Å²) in [5.74, 6) is 0.784. The summed E-state index contributed by atoms with van der Waals surface area (Å²) < 4.78 is 13.0. The van der Waals surface area contributed by atoms with Gasteiger partial charge in [0.2, 0.25) is 5.91 Å². The molecule has 4 N–H and O–H groups in total. The highest BCUT2D eigenvalue weighted by atomic mass is 32.2. The Balaban J connectivity index is 1.53. The molecule has 1 aliphatic rings. The summed E-state index contributed by atoms with van der Waals surface area (Å²) in [6, 6.07) is 23.8. The average molecular weight is 493 g/mol. The number of nitrogens with two attached hydrogens (primary N) is 1. The summed E-state index contributed by atoms with van der Waals surface area (Å²) in [5, 5.41) is 12.2. The van der Waals surface area contributed by atoms with E-state index in [9.17, 15) is 9.90 Å². The van der Waals surface area contributed by atoms with Crippen LogP contribution in [0.2, 0.25) is 0 Å². The highest BCUT2D eigenvalue weighted by molar-refractivity contribution is 7.99. The van der Waals surface area contributed by atoms with Gasteiger partial charge < -0.3 is 25.6 Å². The molecule has 1 aliphatic heterocycles. The number of hydrogen-bond acceptors (Lipinski definition) is 6. The molecule has 3 aromatic rings. The van der Waals surface area contributed by atoms with Gasteiger partial charge in [-0.05, 0) is 41.0 Å². The molecule has 3 aromatic carbocycles. The lowest BCUT2D eigenvalue weighted by atomic mass is 9.91. The van der Waals surface area contributed by atoms with Gasteiger partial charge in [0.1, 0.15) is 0 Å². The Morgan fingerprint density at radius 1 is 0.943 bits per heavy atom. The SMILES string of the molecule is CC(=O)Nc1ccc(SC[C@H]2O[C@@H](c3ccc(CN)cc3)O[C@@H](c3ccc(CO)cc3)[C@H]2C)cc1. The first-order valence-corrected chi connectivity index (χ1v) is 12.8. The van der Waals surface area contributed by atoms with Crippen LogP contribution < -0.4 is 11.1 Å². The molecule has 0 bridgehead atoms. The second-order valence-corrected chi connectivity index (χ2v) is 9.88. The normalized spacial score (nSPS) is 22.1. The first kappa shape index (κ1) is 25.4. The summed E-state index contributed by atoms with van der Waals surface area (Å²) in [6.45, 7) is 4.16. The molecule has 1 amide bonds. The molecule has 0 spiro atoms. The molecule has 1 heterocycles. The molecule has 35 heavy (non-hydrogen) atoms. The standard InChI is InChI=1S/C28H32N2O4S/c1-18-26(17-35-25-13-11-24(12-14-25)30-19(2)32)33-28(23-9-3-20(15-29)4-10-23)34-27(18)22-7-5-21(16-31)6-8-22/h3-14,18,26-28,31H,15-17,29H2,1-2H3,(H,30,32)/t18-,26+,27+,28+/m0/s1. The smallest absolute Gasteiger partial charge is 0.221 e. The molecule has 7 heteroatoms. The number of amides is 1. The summed E-state index contributed by atoms with van der Waals surface area (Å²) >= 11 is 1.72. The lowest BCUT2D eigenvalue weighted by Crippen LogP contribution is -2.38. The third-order valence-corrected chi connectivity index (χ3v) is 7.30. The number of carbonyl (C=O) groups excluding carboxylic acids is 1. The minimum absolute atomic E-state index is 0.0145. The molecular weight excluding hydrogens is 460 g/mol. The van der Waals surface area contributed by atoms with Gasteiger partial charge in [-0.25, -0.2) is 0 Å². The fourth-order valence-electron chi connectivity index (χ4n) is 4.14. The van der Waals surface area contributed by atoms with Crippen LogP contribution in [0.4, 0.5) is 5.69 Å². The number of aliphatic hydroxyl groups excluding tert-OH is 1. The van der Waals surface area contributed by atoms with Crippen molar-refractivity contribution in [2.45, 2.75) is 50.4 Å². The summed E-state index contributed by atoms with van der Waals surface area (Å²) in [7, 11) is 0. The van der Waals surface area contributed by atoms with Crippen LogP contribution in [0.3, 0.4) is 0 Å². The van der Waals surface area contributed by atoms with Crippen LogP contribution in [-0.4, -0.2) is 22.9 Å². The van der Waals surface area contributed by atoms with E-state index in [1.54, 1.807) is 11.8 Å². The fraction of sp³-hybridized carbons (Fsp3) is 0.321. The minimum atomic E-state index is -0.492. The highest BCUT2D eigenvalue weighted by Gasteiger charge is 2.38. The molecule has 0 unspecified atom stereocenters. The Kier molecular flexibility index (Phi) is 8.59. The quantitative estimate of drug-likeness (QED) is 0.375. The predicted octanol–water partition coefficient (Wildman–Crippen LogP) is 5.18. The molecule has 184 valence electrons. The van der Waals surface area contributed by atoms with Crippen molar-refractivity contribution < 1.29 is 19.4 Å². The zero-order valence-electron chi connectivity index (χ0n) is 20.0. The number of nitrogens with one attached hydrogen (secondary N) is 1. The van der Waals surface area contributed by atoms with Gasteiger partial charge in [-0.3, -0.25) is 4.79 Å². The van der Waals surface area contributed by atoms with E-state index in [2.05, 4.69) is 12.2 Å². The van der Waals surface area contributed by atoms with Gasteiger partial charge in [0.25, 0.3) is 0 Å². The lowest BCUT2D eigenvalue weighted by molar-refractivity contribution is -0.268. The van der Waals surface area contributed by atoms with Gasteiger partial charge in [-0.15, -0.1) is 11.8 Å². The van der Waals surface area contributed by atoms with Crippen molar-refractivity contribution in [1.82, 2.24) is 0 Å². The Hall–Kier alpha value is -2.68. The molecule has 1 fully saturated rings. The van der Waals surface area contributed by atoms with Gasteiger partial charge in [-0.1, -0.05) is 55.5 Å². The van der Waals surface area contributed by atoms with Crippen molar-refractivity contribution >= 4 is 23.4 Å². The average Bonchev–Trinajstić information content (AvgIpc) is 2.89. The van der Waals surface area contributed by atoms with E-state index in [-0.39, 0.29) is 30.6 Å². The van der Waals surface area contributed by atoms with Crippen molar-refractivity contribution in [1.29, 1.82) is 0 Å². The Labute approximate surface area is 210 Å². The monoisotopic (exact) mass is 492 g/mol. The lowest BCUT2D eigenvalue weighted by Gasteiger charge is -2.41. The van der Waals surface area contributed by atoms with Crippen LogP contribution >= 0.6 is 11.8 Å². The molecule has 4 rings (SSSR count). The van der Waals surface area contributed by atoms with E-state index in [0.29, 0.717) is 6.54 Å². The zero-order valence-corrected chi connectivity index (χ0v) is 20.8. The Bertz CT molecular complexity index is 1100. The van der Waals surface area contributed by atoms with Crippen molar-refractivity contribution in [2.24, 2.45) is 11.7 Å². The van der Waals surface area contributed by atoms with E-state index in [1.165, 1.54) is 6.92 Å². The van der Waals surface area contributed by atoms with Crippen LogP contribution in [0, 0.1) is 5.92 Å². The molecule has 0 aromatic heterocycles. The van der Waals surface area contributed by atoms with E-state index in [0.717, 1.165) is 38.6 Å². The third-order valence-electron chi connectivity index (χ3n) is 6.20. The summed E-state index contributed by atoms with van der Waals surface area (Å²) in [5.41, 5.74) is 10.5. The van der Waals surface area contributed by atoms with Gasteiger partial charge >= 0.3 is 0 Å². The van der Waals surface area contributed by atoms with Crippen molar-refractivity contribution in [3.8, 4) is 0 Å². The van der Waals surface area contributed by atoms with Gasteiger partial charge in [-0.2, -0.15) is 0 Å². The Morgan fingerprint density at radius 2 is 1.57 bits per heavy atom. The number of carbonyl (C=O) groups is 1. The topological polar surface area (TPSA) is 93.8 Å². The van der Waals surface area contributed by atoms with E-state index in [4.69, 9.17) is 15.2 Å². The van der Waals surface area contributed by atoms with Gasteiger partial charge in [0, 0.05) is 41.3 Å². The number of aliphatic hydroxyl groups is 1. The second-order valence-electron chi connectivity index (χ2n) is 8.78. The van der Waals surface area contributed by atoms with E-state index < -0.39 is 6.29 Å². The number of thioether (sulfide) groups is 1. The van der Waals surface area contributed by atoms with Crippen molar-refractivity contribution in [2.75, 3.05) is 11.1 Å². The largest absolute Gasteiger partial charge is 0.392 e. The van der Waals surface area contributed by atoms with Crippen LogP contribution in [0.15, 0.2) is 77.7 Å². The second kappa shape index (κ2) is 11.8. The van der Waals surface area contributed by atoms with Gasteiger partial charge in [0.05, 0.1) is 18.8 Å². The van der Waals surface area contributed by atoms with Crippen LogP contribution in [0.5, 0.6) is 0 Å². The summed E-state index contributed by atoms with van der Waals surface area (Å²) in [4.78, 5) is 12.4. The van der Waals surface area contributed by atoms with Crippen molar-refractivity contribution in [3.63, 3.8) is 0 Å².